The minimum atomic E-state index is 0.196. The van der Waals surface area contributed by atoms with Gasteiger partial charge in [-0.1, -0.05) is 19.9 Å². The number of methoxy groups -OCH3 is 1. The Hall–Kier alpha value is -1.26. The summed E-state index contributed by atoms with van der Waals surface area (Å²) in [5.74, 6) is 1.57. The van der Waals surface area contributed by atoms with Gasteiger partial charge < -0.3 is 19.5 Å². The third kappa shape index (κ3) is 4.90. The van der Waals surface area contributed by atoms with Gasteiger partial charge in [-0.05, 0) is 37.5 Å². The standard InChI is InChI=1S/C17H27NO3/c1-12(2)18-10-14-6-8-16(19-4)17(9-14)20-11-15-7-5-13(3)21-15/h6,8-9,12-13,15,18H,5,7,10-11H2,1-4H3. The summed E-state index contributed by atoms with van der Waals surface area (Å²) in [6.07, 6.45) is 2.73. The third-order valence-electron chi connectivity index (χ3n) is 3.69. The van der Waals surface area contributed by atoms with Gasteiger partial charge in [0.1, 0.15) is 6.61 Å². The average molecular weight is 293 g/mol. The van der Waals surface area contributed by atoms with Crippen molar-refractivity contribution >= 4 is 0 Å². The lowest BCUT2D eigenvalue weighted by Crippen LogP contribution is -2.22. The van der Waals surface area contributed by atoms with Crippen molar-refractivity contribution in [1.29, 1.82) is 0 Å². The van der Waals surface area contributed by atoms with Crippen molar-refractivity contribution in [3.05, 3.63) is 23.8 Å². The Bertz CT molecular complexity index is 448. The molecule has 2 rings (SSSR count). The van der Waals surface area contributed by atoms with Crippen LogP contribution in [0.3, 0.4) is 0 Å². The summed E-state index contributed by atoms with van der Waals surface area (Å²) in [6.45, 7) is 7.80. The molecule has 1 aliphatic rings. The molecular weight excluding hydrogens is 266 g/mol. The van der Waals surface area contributed by atoms with Gasteiger partial charge in [0, 0.05) is 12.6 Å². The summed E-state index contributed by atoms with van der Waals surface area (Å²) in [5, 5.41) is 3.41. The van der Waals surface area contributed by atoms with Crippen molar-refractivity contribution in [3.8, 4) is 11.5 Å². The topological polar surface area (TPSA) is 39.7 Å². The average Bonchev–Trinajstić information content (AvgIpc) is 2.88. The van der Waals surface area contributed by atoms with Crippen LogP contribution < -0.4 is 14.8 Å². The molecule has 2 unspecified atom stereocenters. The molecular formula is C17H27NO3. The molecule has 4 heteroatoms. The molecule has 1 aliphatic heterocycles. The summed E-state index contributed by atoms with van der Waals surface area (Å²) in [7, 11) is 1.67. The highest BCUT2D eigenvalue weighted by molar-refractivity contribution is 5.43. The quantitative estimate of drug-likeness (QED) is 0.838. The lowest BCUT2D eigenvalue weighted by Gasteiger charge is -2.16. The molecule has 0 bridgehead atoms. The van der Waals surface area contributed by atoms with E-state index in [2.05, 4.69) is 32.2 Å². The van der Waals surface area contributed by atoms with Crippen molar-refractivity contribution in [2.45, 2.75) is 58.4 Å². The van der Waals surface area contributed by atoms with Gasteiger partial charge in [0.25, 0.3) is 0 Å². The van der Waals surface area contributed by atoms with Crippen molar-refractivity contribution < 1.29 is 14.2 Å². The summed E-state index contributed by atoms with van der Waals surface area (Å²) >= 11 is 0. The second kappa shape index (κ2) is 7.66. The number of hydrogen-bond acceptors (Lipinski definition) is 4. The van der Waals surface area contributed by atoms with E-state index in [0.29, 0.717) is 18.8 Å². The lowest BCUT2D eigenvalue weighted by molar-refractivity contribution is 0.0259. The molecule has 0 saturated carbocycles. The molecule has 0 amide bonds. The minimum Gasteiger partial charge on any atom is -0.493 e. The van der Waals surface area contributed by atoms with Crippen molar-refractivity contribution in [2.75, 3.05) is 13.7 Å². The molecule has 1 aromatic rings. The Morgan fingerprint density at radius 3 is 2.71 bits per heavy atom. The van der Waals surface area contributed by atoms with Crippen LogP contribution in [0.5, 0.6) is 11.5 Å². The second-order valence-electron chi connectivity index (χ2n) is 5.98. The lowest BCUT2D eigenvalue weighted by atomic mass is 10.2. The third-order valence-corrected chi connectivity index (χ3v) is 3.69. The molecule has 0 aliphatic carbocycles. The molecule has 0 spiro atoms. The second-order valence-corrected chi connectivity index (χ2v) is 5.98. The minimum absolute atomic E-state index is 0.196. The maximum Gasteiger partial charge on any atom is 0.161 e. The van der Waals surface area contributed by atoms with E-state index in [4.69, 9.17) is 14.2 Å². The van der Waals surface area contributed by atoms with Gasteiger partial charge in [-0.15, -0.1) is 0 Å². The van der Waals surface area contributed by atoms with Crippen LogP contribution in [-0.4, -0.2) is 32.0 Å². The molecule has 118 valence electrons. The van der Waals surface area contributed by atoms with Crippen LogP contribution in [0.2, 0.25) is 0 Å². The number of ether oxygens (including phenoxy) is 3. The normalized spacial score (nSPS) is 21.8. The number of benzene rings is 1. The van der Waals surface area contributed by atoms with Crippen molar-refractivity contribution in [1.82, 2.24) is 5.32 Å². The smallest absolute Gasteiger partial charge is 0.161 e. The highest BCUT2D eigenvalue weighted by Crippen LogP contribution is 2.29. The van der Waals surface area contributed by atoms with Crippen LogP contribution in [0.1, 0.15) is 39.2 Å². The highest BCUT2D eigenvalue weighted by atomic mass is 16.6. The predicted molar refractivity (Wildman–Crippen MR) is 84.0 cm³/mol. The van der Waals surface area contributed by atoms with Gasteiger partial charge in [0.15, 0.2) is 11.5 Å². The molecule has 4 nitrogen and oxygen atoms in total. The van der Waals surface area contributed by atoms with E-state index >= 15 is 0 Å². The molecule has 1 N–H and O–H groups in total. The molecule has 1 aromatic carbocycles. The molecule has 21 heavy (non-hydrogen) atoms. The largest absolute Gasteiger partial charge is 0.493 e. The fourth-order valence-corrected chi connectivity index (χ4v) is 2.46. The zero-order valence-corrected chi connectivity index (χ0v) is 13.5. The van der Waals surface area contributed by atoms with Crippen LogP contribution in [0.25, 0.3) is 0 Å². The first-order valence-electron chi connectivity index (χ1n) is 7.77. The van der Waals surface area contributed by atoms with Gasteiger partial charge in [0.05, 0.1) is 19.3 Å². The van der Waals surface area contributed by atoms with Crippen LogP contribution in [0.4, 0.5) is 0 Å². The summed E-state index contributed by atoms with van der Waals surface area (Å²) in [4.78, 5) is 0. The maximum atomic E-state index is 5.93. The molecule has 1 saturated heterocycles. The summed E-state index contributed by atoms with van der Waals surface area (Å²) in [5.41, 5.74) is 1.19. The monoisotopic (exact) mass is 293 g/mol. The predicted octanol–water partition coefficient (Wildman–Crippen LogP) is 3.14. The van der Waals surface area contributed by atoms with Gasteiger partial charge in [-0.25, -0.2) is 0 Å². The first-order chi connectivity index (χ1) is 10.1. The van der Waals surface area contributed by atoms with Gasteiger partial charge in [-0.2, -0.15) is 0 Å². The Labute approximate surface area is 127 Å². The molecule has 1 heterocycles. The van der Waals surface area contributed by atoms with Crippen molar-refractivity contribution in [3.63, 3.8) is 0 Å². The van der Waals surface area contributed by atoms with Crippen LogP contribution in [0.15, 0.2) is 18.2 Å². The van der Waals surface area contributed by atoms with Gasteiger partial charge in [0.2, 0.25) is 0 Å². The first kappa shape index (κ1) is 16.1. The number of hydrogen-bond donors (Lipinski definition) is 1. The molecule has 0 aromatic heterocycles. The summed E-state index contributed by atoms with van der Waals surface area (Å²) < 4.78 is 17.1. The summed E-state index contributed by atoms with van der Waals surface area (Å²) in [6, 6.07) is 6.54. The Balaban J connectivity index is 1.96. The fraction of sp³-hybridized carbons (Fsp3) is 0.647. The SMILES string of the molecule is COc1ccc(CNC(C)C)cc1OCC1CCC(C)O1. The van der Waals surface area contributed by atoms with E-state index in [1.165, 1.54) is 5.56 Å². The van der Waals surface area contributed by atoms with E-state index in [9.17, 15) is 0 Å². The maximum absolute atomic E-state index is 5.93. The van der Waals surface area contributed by atoms with E-state index < -0.39 is 0 Å². The van der Waals surface area contributed by atoms with Gasteiger partial charge >= 0.3 is 0 Å². The van der Waals surface area contributed by atoms with Crippen LogP contribution >= 0.6 is 0 Å². The zero-order valence-electron chi connectivity index (χ0n) is 13.5. The van der Waals surface area contributed by atoms with E-state index in [1.54, 1.807) is 7.11 Å². The van der Waals surface area contributed by atoms with E-state index in [-0.39, 0.29) is 6.10 Å². The highest BCUT2D eigenvalue weighted by Gasteiger charge is 2.22. The Kier molecular flexibility index (Phi) is 5.88. The number of rotatable bonds is 7. The van der Waals surface area contributed by atoms with E-state index in [0.717, 1.165) is 30.9 Å². The fourth-order valence-electron chi connectivity index (χ4n) is 2.46. The Morgan fingerprint density at radius 2 is 2.10 bits per heavy atom. The van der Waals surface area contributed by atoms with Crippen LogP contribution in [-0.2, 0) is 11.3 Å². The zero-order chi connectivity index (χ0) is 15.2. The first-order valence-corrected chi connectivity index (χ1v) is 7.77. The van der Waals surface area contributed by atoms with Crippen molar-refractivity contribution in [2.24, 2.45) is 0 Å². The molecule has 2 atom stereocenters. The van der Waals surface area contributed by atoms with E-state index in [1.807, 2.05) is 12.1 Å². The van der Waals surface area contributed by atoms with Crippen LogP contribution in [0, 0.1) is 0 Å². The Morgan fingerprint density at radius 1 is 1.29 bits per heavy atom. The number of nitrogens with one attached hydrogen (secondary N) is 1. The van der Waals surface area contributed by atoms with Gasteiger partial charge in [-0.3, -0.25) is 0 Å². The molecule has 0 radical (unpaired) electrons. The molecule has 1 fully saturated rings.